The summed E-state index contributed by atoms with van der Waals surface area (Å²) in [6.07, 6.45) is 2.15. The van der Waals surface area contributed by atoms with Crippen LogP contribution in [0.2, 0.25) is 0 Å². The molecule has 2 aromatic carbocycles. The van der Waals surface area contributed by atoms with Crippen molar-refractivity contribution in [2.75, 3.05) is 13.1 Å². The number of thioether (sulfide) groups is 1. The van der Waals surface area contributed by atoms with Crippen LogP contribution in [0.3, 0.4) is 0 Å². The molecule has 2 heterocycles. The SMILES string of the molecule is CC1CN(C2=NC(=O)/C(=C\c3ccc(OCc4ccccc4)cc3)S2)CC(C)O1. The summed E-state index contributed by atoms with van der Waals surface area (Å²) in [7, 11) is 0. The Kier molecular flexibility index (Phi) is 6.02. The van der Waals surface area contributed by atoms with Gasteiger partial charge in [0.05, 0.1) is 17.1 Å². The molecule has 2 aliphatic heterocycles. The van der Waals surface area contributed by atoms with Gasteiger partial charge in [-0.05, 0) is 54.9 Å². The third kappa shape index (κ3) is 5.08. The topological polar surface area (TPSA) is 51.1 Å². The standard InChI is InChI=1S/C23H24N2O3S/c1-16-13-25(14-17(2)28-16)23-24-22(26)21(29-23)12-18-8-10-20(11-9-18)27-15-19-6-4-3-5-7-19/h3-12,16-17H,13-15H2,1-2H3/b21-12+. The number of carbonyl (C=O) groups excluding carboxylic acids is 1. The minimum atomic E-state index is -0.179. The quantitative estimate of drug-likeness (QED) is 0.704. The second-order valence-electron chi connectivity index (χ2n) is 7.32. The van der Waals surface area contributed by atoms with Gasteiger partial charge in [0.15, 0.2) is 5.17 Å². The molecule has 1 saturated heterocycles. The van der Waals surface area contributed by atoms with Crippen molar-refractivity contribution in [3.05, 3.63) is 70.6 Å². The highest BCUT2D eigenvalue weighted by Crippen LogP contribution is 2.31. The Bertz CT molecular complexity index is 915. The number of aliphatic imine (C=N–C) groups is 1. The molecule has 4 rings (SSSR count). The molecule has 2 aliphatic rings. The van der Waals surface area contributed by atoms with Crippen molar-refractivity contribution < 1.29 is 14.3 Å². The molecule has 0 spiro atoms. The van der Waals surface area contributed by atoms with Crippen LogP contribution in [0, 0.1) is 0 Å². The zero-order valence-electron chi connectivity index (χ0n) is 16.6. The molecule has 1 fully saturated rings. The van der Waals surface area contributed by atoms with Crippen LogP contribution in [0.5, 0.6) is 5.75 Å². The first kappa shape index (κ1) is 19.7. The third-order valence-corrected chi connectivity index (χ3v) is 5.77. The molecule has 2 unspecified atom stereocenters. The van der Waals surface area contributed by atoms with Crippen molar-refractivity contribution >= 4 is 28.9 Å². The summed E-state index contributed by atoms with van der Waals surface area (Å²) in [5.74, 6) is 0.621. The molecule has 0 radical (unpaired) electrons. The highest BCUT2D eigenvalue weighted by Gasteiger charge is 2.30. The number of morpholine rings is 1. The van der Waals surface area contributed by atoms with E-state index in [1.807, 2.05) is 74.5 Å². The van der Waals surface area contributed by atoms with Gasteiger partial charge < -0.3 is 14.4 Å². The Labute approximate surface area is 175 Å². The molecular formula is C23H24N2O3S. The van der Waals surface area contributed by atoms with Crippen LogP contribution in [0.1, 0.15) is 25.0 Å². The number of ether oxygens (including phenoxy) is 2. The van der Waals surface area contributed by atoms with E-state index < -0.39 is 0 Å². The van der Waals surface area contributed by atoms with Crippen LogP contribution in [0.4, 0.5) is 0 Å². The molecular weight excluding hydrogens is 384 g/mol. The Morgan fingerprint density at radius 2 is 1.79 bits per heavy atom. The average molecular weight is 409 g/mol. The van der Waals surface area contributed by atoms with E-state index in [1.54, 1.807) is 0 Å². The summed E-state index contributed by atoms with van der Waals surface area (Å²) in [6.45, 7) is 6.13. The van der Waals surface area contributed by atoms with Crippen LogP contribution >= 0.6 is 11.8 Å². The number of carbonyl (C=O) groups is 1. The maximum absolute atomic E-state index is 12.4. The molecule has 2 aromatic rings. The van der Waals surface area contributed by atoms with Gasteiger partial charge in [0.1, 0.15) is 12.4 Å². The minimum absolute atomic E-state index is 0.133. The largest absolute Gasteiger partial charge is 0.489 e. The summed E-state index contributed by atoms with van der Waals surface area (Å²) in [6, 6.07) is 17.8. The van der Waals surface area contributed by atoms with Crippen molar-refractivity contribution in [3.63, 3.8) is 0 Å². The van der Waals surface area contributed by atoms with Gasteiger partial charge in [-0.2, -0.15) is 4.99 Å². The number of amides is 1. The summed E-state index contributed by atoms with van der Waals surface area (Å²) >= 11 is 1.44. The monoisotopic (exact) mass is 408 g/mol. The smallest absolute Gasteiger partial charge is 0.286 e. The Balaban J connectivity index is 1.37. The summed E-state index contributed by atoms with van der Waals surface area (Å²) in [4.78, 5) is 19.4. The van der Waals surface area contributed by atoms with E-state index >= 15 is 0 Å². The van der Waals surface area contributed by atoms with Gasteiger partial charge in [-0.25, -0.2) is 0 Å². The lowest BCUT2D eigenvalue weighted by molar-refractivity contribution is -0.113. The first-order valence-corrected chi connectivity index (χ1v) is 10.6. The summed E-state index contributed by atoms with van der Waals surface area (Å²) in [5.41, 5.74) is 2.08. The molecule has 0 N–H and O–H groups in total. The number of amidine groups is 1. The second kappa shape index (κ2) is 8.84. The number of rotatable bonds is 4. The zero-order chi connectivity index (χ0) is 20.2. The fourth-order valence-electron chi connectivity index (χ4n) is 3.42. The van der Waals surface area contributed by atoms with Crippen LogP contribution in [-0.4, -0.2) is 41.3 Å². The molecule has 0 aliphatic carbocycles. The maximum Gasteiger partial charge on any atom is 0.286 e. The normalized spacial score (nSPS) is 23.4. The lowest BCUT2D eigenvalue weighted by atomic mass is 10.2. The fraction of sp³-hybridized carbons (Fsp3) is 0.304. The molecule has 5 nitrogen and oxygen atoms in total. The number of benzene rings is 2. The highest BCUT2D eigenvalue weighted by atomic mass is 32.2. The van der Waals surface area contributed by atoms with E-state index in [1.165, 1.54) is 11.8 Å². The minimum Gasteiger partial charge on any atom is -0.489 e. The van der Waals surface area contributed by atoms with Crippen molar-refractivity contribution in [2.24, 2.45) is 4.99 Å². The first-order chi connectivity index (χ1) is 14.1. The first-order valence-electron chi connectivity index (χ1n) is 9.76. The van der Waals surface area contributed by atoms with Crippen LogP contribution < -0.4 is 4.74 Å². The summed E-state index contributed by atoms with van der Waals surface area (Å²) in [5, 5.41) is 0.770. The zero-order valence-corrected chi connectivity index (χ0v) is 17.4. The van der Waals surface area contributed by atoms with Gasteiger partial charge in [0.2, 0.25) is 0 Å². The van der Waals surface area contributed by atoms with E-state index in [0.29, 0.717) is 11.5 Å². The molecule has 2 atom stereocenters. The van der Waals surface area contributed by atoms with Crippen LogP contribution in [0.25, 0.3) is 6.08 Å². The van der Waals surface area contributed by atoms with Crippen molar-refractivity contribution in [2.45, 2.75) is 32.7 Å². The van der Waals surface area contributed by atoms with Gasteiger partial charge >= 0.3 is 0 Å². The molecule has 0 bridgehead atoms. The Morgan fingerprint density at radius 3 is 2.48 bits per heavy atom. The molecule has 0 saturated carbocycles. The second-order valence-corrected chi connectivity index (χ2v) is 8.32. The third-order valence-electron chi connectivity index (χ3n) is 4.73. The maximum atomic E-state index is 12.4. The van der Waals surface area contributed by atoms with Crippen LogP contribution in [-0.2, 0) is 16.1 Å². The predicted octanol–water partition coefficient (Wildman–Crippen LogP) is 4.35. The lowest BCUT2D eigenvalue weighted by Gasteiger charge is -2.35. The van der Waals surface area contributed by atoms with Crippen molar-refractivity contribution in [1.82, 2.24) is 4.90 Å². The van der Waals surface area contributed by atoms with E-state index in [9.17, 15) is 4.79 Å². The lowest BCUT2D eigenvalue weighted by Crippen LogP contribution is -2.47. The predicted molar refractivity (Wildman–Crippen MR) is 117 cm³/mol. The fourth-order valence-corrected chi connectivity index (χ4v) is 4.35. The molecule has 1 amide bonds. The number of nitrogens with zero attached hydrogens (tertiary/aromatic N) is 2. The number of hydrogen-bond donors (Lipinski definition) is 0. The summed E-state index contributed by atoms with van der Waals surface area (Å²) < 4.78 is 11.6. The highest BCUT2D eigenvalue weighted by molar-refractivity contribution is 8.18. The molecule has 29 heavy (non-hydrogen) atoms. The van der Waals surface area contributed by atoms with E-state index in [0.717, 1.165) is 35.1 Å². The molecule has 6 heteroatoms. The molecule has 150 valence electrons. The van der Waals surface area contributed by atoms with E-state index in [-0.39, 0.29) is 18.1 Å². The number of hydrogen-bond acceptors (Lipinski definition) is 5. The average Bonchev–Trinajstić information content (AvgIpc) is 3.08. The van der Waals surface area contributed by atoms with Gasteiger partial charge in [0, 0.05) is 13.1 Å². The van der Waals surface area contributed by atoms with E-state index in [2.05, 4.69) is 9.89 Å². The van der Waals surface area contributed by atoms with Gasteiger partial charge in [0.25, 0.3) is 5.91 Å². The van der Waals surface area contributed by atoms with E-state index in [4.69, 9.17) is 9.47 Å². The van der Waals surface area contributed by atoms with Gasteiger partial charge in [-0.1, -0.05) is 42.5 Å². The Hall–Kier alpha value is -2.57. The molecule has 0 aromatic heterocycles. The van der Waals surface area contributed by atoms with Crippen LogP contribution in [0.15, 0.2) is 64.5 Å². The Morgan fingerprint density at radius 1 is 1.10 bits per heavy atom. The van der Waals surface area contributed by atoms with Gasteiger partial charge in [-0.15, -0.1) is 0 Å². The van der Waals surface area contributed by atoms with Crippen molar-refractivity contribution in [1.29, 1.82) is 0 Å². The van der Waals surface area contributed by atoms with Gasteiger partial charge in [-0.3, -0.25) is 4.79 Å². The van der Waals surface area contributed by atoms with Crippen molar-refractivity contribution in [3.8, 4) is 5.75 Å².